The molecule has 0 aliphatic heterocycles. The fourth-order valence-corrected chi connectivity index (χ4v) is 2.33. The first-order chi connectivity index (χ1) is 8.69. The van der Waals surface area contributed by atoms with Crippen LogP contribution in [0.15, 0.2) is 34.3 Å². The molecule has 0 radical (unpaired) electrons. The lowest BCUT2D eigenvalue weighted by molar-refractivity contribution is 0.905. The Kier molecular flexibility index (Phi) is 3.75. The molecule has 0 saturated carbocycles. The summed E-state index contributed by atoms with van der Waals surface area (Å²) in [7, 11) is 0. The minimum atomic E-state index is -0.170. The summed E-state index contributed by atoms with van der Waals surface area (Å²) < 4.78 is 0. The number of aromatic amines is 1. The van der Waals surface area contributed by atoms with Crippen molar-refractivity contribution in [1.29, 1.82) is 5.26 Å². The average Bonchev–Trinajstić information content (AvgIpc) is 2.35. The van der Waals surface area contributed by atoms with Gasteiger partial charge in [0.25, 0.3) is 5.56 Å². The van der Waals surface area contributed by atoms with Crippen molar-refractivity contribution >= 4 is 11.8 Å². The quantitative estimate of drug-likeness (QED) is 0.668. The second kappa shape index (κ2) is 5.47. The standard InChI is InChI=1S/C12H10N4OS/c1-8-5-11(17)16-12(15-8)18-7-9-3-2-4-14-10(9)6-13/h2-5H,7H2,1H3,(H,15,16,17). The second-order valence-electron chi connectivity index (χ2n) is 3.60. The van der Waals surface area contributed by atoms with Crippen molar-refractivity contribution in [3.63, 3.8) is 0 Å². The Morgan fingerprint density at radius 3 is 3.11 bits per heavy atom. The van der Waals surface area contributed by atoms with Crippen LogP contribution in [0.1, 0.15) is 17.0 Å². The number of nitriles is 1. The Balaban J connectivity index is 2.17. The smallest absolute Gasteiger partial charge is 0.251 e. The third kappa shape index (κ3) is 2.96. The maximum absolute atomic E-state index is 11.3. The number of nitrogens with one attached hydrogen (secondary N) is 1. The van der Waals surface area contributed by atoms with Crippen LogP contribution >= 0.6 is 11.8 Å². The SMILES string of the molecule is Cc1cc(=O)[nH]c(SCc2cccnc2C#N)n1. The molecule has 0 saturated heterocycles. The van der Waals surface area contributed by atoms with Gasteiger partial charge < -0.3 is 4.98 Å². The van der Waals surface area contributed by atoms with E-state index in [4.69, 9.17) is 5.26 Å². The zero-order chi connectivity index (χ0) is 13.0. The van der Waals surface area contributed by atoms with Crippen molar-refractivity contribution in [3.8, 4) is 6.07 Å². The molecule has 2 rings (SSSR count). The number of H-pyrrole nitrogens is 1. The molecule has 1 N–H and O–H groups in total. The van der Waals surface area contributed by atoms with Gasteiger partial charge in [0.15, 0.2) is 5.16 Å². The Bertz CT molecular complexity index is 660. The molecule has 90 valence electrons. The van der Waals surface area contributed by atoms with Gasteiger partial charge in [-0.05, 0) is 18.6 Å². The second-order valence-corrected chi connectivity index (χ2v) is 4.57. The largest absolute Gasteiger partial charge is 0.301 e. The lowest BCUT2D eigenvalue weighted by Gasteiger charge is -2.03. The molecular formula is C12H10N4OS. The first-order valence-electron chi connectivity index (χ1n) is 5.24. The molecule has 6 heteroatoms. The zero-order valence-corrected chi connectivity index (χ0v) is 10.5. The summed E-state index contributed by atoms with van der Waals surface area (Å²) in [5.41, 5.74) is 1.73. The van der Waals surface area contributed by atoms with Gasteiger partial charge in [0, 0.05) is 23.7 Å². The first-order valence-corrected chi connectivity index (χ1v) is 6.22. The normalized spacial score (nSPS) is 10.0. The number of nitrogens with zero attached hydrogens (tertiary/aromatic N) is 3. The highest BCUT2D eigenvalue weighted by atomic mass is 32.2. The van der Waals surface area contributed by atoms with Crippen LogP contribution in [0.4, 0.5) is 0 Å². The summed E-state index contributed by atoms with van der Waals surface area (Å²) in [6, 6.07) is 7.10. The van der Waals surface area contributed by atoms with Crippen LogP contribution in [0.5, 0.6) is 0 Å². The van der Waals surface area contributed by atoms with E-state index in [9.17, 15) is 4.79 Å². The number of thioether (sulfide) groups is 1. The molecule has 0 unspecified atom stereocenters. The van der Waals surface area contributed by atoms with E-state index in [2.05, 4.69) is 15.0 Å². The lowest BCUT2D eigenvalue weighted by atomic mass is 10.2. The fraction of sp³-hybridized carbons (Fsp3) is 0.167. The molecule has 2 aromatic rings. The molecule has 2 heterocycles. The summed E-state index contributed by atoms with van der Waals surface area (Å²) in [6.45, 7) is 1.77. The number of hydrogen-bond acceptors (Lipinski definition) is 5. The summed E-state index contributed by atoms with van der Waals surface area (Å²) in [5.74, 6) is 0.545. The molecule has 0 bridgehead atoms. The predicted octanol–water partition coefficient (Wildman–Crippen LogP) is 1.64. The third-order valence-corrected chi connectivity index (χ3v) is 3.13. The summed E-state index contributed by atoms with van der Waals surface area (Å²) in [6.07, 6.45) is 1.58. The zero-order valence-electron chi connectivity index (χ0n) is 9.67. The van der Waals surface area contributed by atoms with Crippen LogP contribution in [0.2, 0.25) is 0 Å². The van der Waals surface area contributed by atoms with Crippen molar-refractivity contribution in [2.24, 2.45) is 0 Å². The maximum Gasteiger partial charge on any atom is 0.251 e. The van der Waals surface area contributed by atoms with Crippen molar-refractivity contribution in [2.75, 3.05) is 0 Å². The Hall–Kier alpha value is -2.13. The van der Waals surface area contributed by atoms with Crippen molar-refractivity contribution in [3.05, 3.63) is 51.7 Å². The van der Waals surface area contributed by atoms with E-state index in [0.29, 0.717) is 22.3 Å². The van der Waals surface area contributed by atoms with E-state index in [1.165, 1.54) is 17.8 Å². The maximum atomic E-state index is 11.3. The van der Waals surface area contributed by atoms with Crippen LogP contribution in [0, 0.1) is 18.3 Å². The van der Waals surface area contributed by atoms with Crippen molar-refractivity contribution in [1.82, 2.24) is 15.0 Å². The number of hydrogen-bond donors (Lipinski definition) is 1. The van der Waals surface area contributed by atoms with Crippen LogP contribution in [0.25, 0.3) is 0 Å². The molecule has 0 atom stereocenters. The van der Waals surface area contributed by atoms with Crippen molar-refractivity contribution < 1.29 is 0 Å². The minimum Gasteiger partial charge on any atom is -0.301 e. The van der Waals surface area contributed by atoms with Gasteiger partial charge in [-0.3, -0.25) is 4.79 Å². The van der Waals surface area contributed by atoms with Crippen LogP contribution in [0.3, 0.4) is 0 Å². The van der Waals surface area contributed by atoms with Crippen LogP contribution in [-0.2, 0) is 5.75 Å². The number of rotatable bonds is 3. The fourth-order valence-electron chi connectivity index (χ4n) is 1.42. The monoisotopic (exact) mass is 258 g/mol. The average molecular weight is 258 g/mol. The van der Waals surface area contributed by atoms with Crippen LogP contribution < -0.4 is 5.56 Å². The highest BCUT2D eigenvalue weighted by molar-refractivity contribution is 7.98. The van der Waals surface area contributed by atoms with Gasteiger partial charge >= 0.3 is 0 Å². The Labute approximate surface area is 108 Å². The van der Waals surface area contributed by atoms with Gasteiger partial charge in [-0.2, -0.15) is 5.26 Å². The predicted molar refractivity (Wildman–Crippen MR) is 68.1 cm³/mol. The Morgan fingerprint density at radius 2 is 2.39 bits per heavy atom. The molecule has 2 aromatic heterocycles. The van der Waals surface area contributed by atoms with E-state index < -0.39 is 0 Å². The highest BCUT2D eigenvalue weighted by Crippen LogP contribution is 2.19. The van der Waals surface area contributed by atoms with E-state index in [1.54, 1.807) is 19.2 Å². The van der Waals surface area contributed by atoms with Gasteiger partial charge in [-0.1, -0.05) is 17.8 Å². The number of pyridine rings is 1. The molecule has 0 aromatic carbocycles. The first kappa shape index (κ1) is 12.3. The van der Waals surface area contributed by atoms with E-state index in [-0.39, 0.29) is 5.56 Å². The van der Waals surface area contributed by atoms with E-state index in [1.807, 2.05) is 12.1 Å². The number of aryl methyl sites for hydroxylation is 1. The molecule has 18 heavy (non-hydrogen) atoms. The highest BCUT2D eigenvalue weighted by Gasteiger charge is 2.05. The minimum absolute atomic E-state index is 0.170. The van der Waals surface area contributed by atoms with E-state index >= 15 is 0 Å². The molecular weight excluding hydrogens is 248 g/mol. The van der Waals surface area contributed by atoms with Gasteiger partial charge in [0.1, 0.15) is 11.8 Å². The third-order valence-electron chi connectivity index (χ3n) is 2.21. The van der Waals surface area contributed by atoms with Crippen LogP contribution in [-0.4, -0.2) is 15.0 Å². The molecule has 0 spiro atoms. The summed E-state index contributed by atoms with van der Waals surface area (Å²) in [4.78, 5) is 22.1. The van der Waals surface area contributed by atoms with E-state index in [0.717, 1.165) is 5.56 Å². The summed E-state index contributed by atoms with van der Waals surface area (Å²) in [5, 5.41) is 9.46. The van der Waals surface area contributed by atoms with Gasteiger partial charge in [-0.15, -0.1) is 0 Å². The molecule has 0 fully saturated rings. The molecule has 5 nitrogen and oxygen atoms in total. The van der Waals surface area contributed by atoms with Gasteiger partial charge in [0.05, 0.1) is 0 Å². The number of aromatic nitrogens is 3. The molecule has 0 amide bonds. The van der Waals surface area contributed by atoms with Gasteiger partial charge in [-0.25, -0.2) is 9.97 Å². The topological polar surface area (TPSA) is 82.4 Å². The lowest BCUT2D eigenvalue weighted by Crippen LogP contribution is -2.08. The van der Waals surface area contributed by atoms with Gasteiger partial charge in [0.2, 0.25) is 0 Å². The molecule has 0 aliphatic rings. The Morgan fingerprint density at radius 1 is 1.56 bits per heavy atom. The molecule has 0 aliphatic carbocycles. The van der Waals surface area contributed by atoms with Crippen molar-refractivity contribution in [2.45, 2.75) is 17.8 Å². The summed E-state index contributed by atoms with van der Waals surface area (Å²) >= 11 is 1.37.